The van der Waals surface area contributed by atoms with Gasteiger partial charge in [0.25, 0.3) is 5.91 Å². The maximum atomic E-state index is 13.5. The molecule has 0 saturated carbocycles. The fourth-order valence-corrected chi connectivity index (χ4v) is 4.68. The van der Waals surface area contributed by atoms with Crippen molar-refractivity contribution in [3.63, 3.8) is 0 Å². The zero-order chi connectivity index (χ0) is 24.9. The molecule has 2 amide bonds. The molecule has 1 N–H and O–H groups in total. The minimum absolute atomic E-state index is 0.00972. The summed E-state index contributed by atoms with van der Waals surface area (Å²) in [7, 11) is 0. The molecule has 1 aromatic heterocycles. The number of ether oxygens (including phenoxy) is 1. The molecule has 0 bridgehead atoms. The monoisotopic (exact) mass is 489 g/mol. The first-order valence-corrected chi connectivity index (χ1v) is 12.2. The van der Waals surface area contributed by atoms with Crippen LogP contribution in [-0.2, 0) is 4.79 Å². The number of piperidine rings is 1. The van der Waals surface area contributed by atoms with E-state index in [1.54, 1.807) is 40.3 Å². The average Bonchev–Trinajstić information content (AvgIpc) is 3.46. The lowest BCUT2D eigenvalue weighted by atomic mass is 10.1. The first-order valence-electron chi connectivity index (χ1n) is 12.2. The minimum Gasteiger partial charge on any atom is -0.490 e. The molecule has 9 heteroatoms. The van der Waals surface area contributed by atoms with E-state index < -0.39 is 5.82 Å². The second-order valence-corrected chi connectivity index (χ2v) is 9.06. The van der Waals surface area contributed by atoms with Crippen LogP contribution in [0.1, 0.15) is 29.6 Å². The largest absolute Gasteiger partial charge is 0.490 e. The highest BCUT2D eigenvalue weighted by atomic mass is 19.1. The van der Waals surface area contributed by atoms with Crippen molar-refractivity contribution < 1.29 is 18.7 Å². The molecule has 3 heterocycles. The quantitative estimate of drug-likeness (QED) is 0.570. The zero-order valence-corrected chi connectivity index (χ0v) is 19.8. The van der Waals surface area contributed by atoms with Gasteiger partial charge in [0, 0.05) is 44.2 Å². The van der Waals surface area contributed by atoms with Gasteiger partial charge in [-0.3, -0.25) is 14.5 Å². The number of benzene rings is 2. The summed E-state index contributed by atoms with van der Waals surface area (Å²) in [6.45, 7) is 2.56. The Morgan fingerprint density at radius 3 is 2.50 bits per heavy atom. The Labute approximate surface area is 209 Å². The fourth-order valence-electron chi connectivity index (χ4n) is 4.68. The molecule has 36 heavy (non-hydrogen) atoms. The van der Waals surface area contributed by atoms with E-state index in [9.17, 15) is 14.0 Å². The number of carbonyl (C=O) groups is 2. The van der Waals surface area contributed by atoms with Crippen LogP contribution in [-0.4, -0.2) is 59.2 Å². The lowest BCUT2D eigenvalue weighted by molar-refractivity contribution is -0.121. The predicted molar refractivity (Wildman–Crippen MR) is 133 cm³/mol. The molecule has 2 aliphatic heterocycles. The smallest absolute Gasteiger partial charge is 0.253 e. The third kappa shape index (κ3) is 5.36. The van der Waals surface area contributed by atoms with Crippen molar-refractivity contribution in [2.75, 3.05) is 31.1 Å². The Hall–Kier alpha value is -3.85. The van der Waals surface area contributed by atoms with Crippen LogP contribution < -0.4 is 15.0 Å². The fraction of sp³-hybridized carbons (Fsp3) is 0.333. The van der Waals surface area contributed by atoms with Gasteiger partial charge in [-0.15, -0.1) is 5.10 Å². The molecule has 8 nitrogen and oxygen atoms in total. The number of halogens is 1. The second-order valence-electron chi connectivity index (χ2n) is 9.06. The molecule has 186 valence electrons. The number of aromatic nitrogens is 2. The van der Waals surface area contributed by atoms with Crippen LogP contribution in [0.4, 0.5) is 15.9 Å². The topological polar surface area (TPSA) is 87.7 Å². The number of carbonyl (C=O) groups excluding carboxylic acids is 2. The van der Waals surface area contributed by atoms with E-state index in [4.69, 9.17) is 4.74 Å². The summed E-state index contributed by atoms with van der Waals surface area (Å²) in [5.41, 5.74) is 1.07. The summed E-state index contributed by atoms with van der Waals surface area (Å²) < 4.78 is 19.6. The number of hydrogen-bond donors (Lipinski definition) is 1. The Bertz CT molecular complexity index is 1190. The van der Waals surface area contributed by atoms with Crippen molar-refractivity contribution >= 4 is 23.3 Å². The first-order chi connectivity index (χ1) is 17.6. The van der Waals surface area contributed by atoms with Crippen LogP contribution >= 0.6 is 0 Å². The number of rotatable bonds is 6. The number of amides is 2. The van der Waals surface area contributed by atoms with Crippen molar-refractivity contribution in [2.45, 2.75) is 25.4 Å². The summed E-state index contributed by atoms with van der Waals surface area (Å²) in [6, 6.07) is 16.7. The lowest BCUT2D eigenvalue weighted by Gasteiger charge is -2.32. The Morgan fingerprint density at radius 1 is 1.03 bits per heavy atom. The van der Waals surface area contributed by atoms with E-state index in [0.717, 1.165) is 13.0 Å². The number of nitrogens with one attached hydrogen (secondary N) is 1. The van der Waals surface area contributed by atoms with Crippen molar-refractivity contribution in [3.05, 3.63) is 78.2 Å². The molecule has 0 unspecified atom stereocenters. The van der Waals surface area contributed by atoms with E-state index >= 15 is 0 Å². The summed E-state index contributed by atoms with van der Waals surface area (Å²) in [4.78, 5) is 29.3. The van der Waals surface area contributed by atoms with E-state index in [2.05, 4.69) is 15.5 Å². The molecule has 1 atom stereocenters. The molecule has 2 fully saturated rings. The molecule has 0 radical (unpaired) electrons. The number of likely N-dealkylation sites (tertiary alicyclic amines) is 1. The molecule has 0 spiro atoms. The van der Waals surface area contributed by atoms with Crippen LogP contribution in [0.2, 0.25) is 0 Å². The van der Waals surface area contributed by atoms with Gasteiger partial charge >= 0.3 is 0 Å². The van der Waals surface area contributed by atoms with Gasteiger partial charge in [0.15, 0.2) is 5.82 Å². The van der Waals surface area contributed by atoms with Gasteiger partial charge in [-0.1, -0.05) is 6.07 Å². The average molecular weight is 490 g/mol. The highest BCUT2D eigenvalue weighted by Crippen LogP contribution is 2.29. The third-order valence-electron chi connectivity index (χ3n) is 6.62. The molecule has 2 aliphatic rings. The second kappa shape index (κ2) is 10.8. The van der Waals surface area contributed by atoms with Gasteiger partial charge < -0.3 is 15.0 Å². The minimum atomic E-state index is -0.415. The van der Waals surface area contributed by atoms with Crippen LogP contribution in [0.5, 0.6) is 5.75 Å². The van der Waals surface area contributed by atoms with E-state index in [0.29, 0.717) is 55.3 Å². The molecule has 0 aliphatic carbocycles. The van der Waals surface area contributed by atoms with Crippen molar-refractivity contribution in [1.82, 2.24) is 20.4 Å². The molecular formula is C27H28FN5O3. The highest BCUT2D eigenvalue weighted by Gasteiger charge is 2.30. The van der Waals surface area contributed by atoms with E-state index in [1.807, 2.05) is 24.3 Å². The predicted octanol–water partition coefficient (Wildman–Crippen LogP) is 3.57. The number of hydrogen-bond acceptors (Lipinski definition) is 6. The van der Waals surface area contributed by atoms with Crippen LogP contribution in [0.25, 0.3) is 0 Å². The van der Waals surface area contributed by atoms with Crippen LogP contribution in [0.3, 0.4) is 0 Å². The van der Waals surface area contributed by atoms with Crippen LogP contribution in [0, 0.1) is 11.7 Å². The summed E-state index contributed by atoms with van der Waals surface area (Å²) in [5, 5.41) is 11.4. The van der Waals surface area contributed by atoms with Gasteiger partial charge in [0.2, 0.25) is 5.91 Å². The normalized spacial score (nSPS) is 18.1. The van der Waals surface area contributed by atoms with Crippen molar-refractivity contribution in [1.29, 1.82) is 0 Å². The molecular weight excluding hydrogens is 461 g/mol. The van der Waals surface area contributed by atoms with Gasteiger partial charge in [0.1, 0.15) is 17.7 Å². The van der Waals surface area contributed by atoms with Gasteiger partial charge in [-0.25, -0.2) is 4.39 Å². The van der Waals surface area contributed by atoms with Gasteiger partial charge in [-0.05, 0) is 67.6 Å². The molecule has 2 saturated heterocycles. The lowest BCUT2D eigenvalue weighted by Crippen LogP contribution is -2.41. The summed E-state index contributed by atoms with van der Waals surface area (Å²) in [6.07, 6.45) is 3.70. The van der Waals surface area contributed by atoms with Gasteiger partial charge in [-0.2, -0.15) is 5.10 Å². The SMILES string of the molecule is O=C(c1cccc(F)c1)N1CCC(Oc2ccc(N(C(=O)[C@H]3CCNC3)c3cccnn3)cc2)CC1. The zero-order valence-electron chi connectivity index (χ0n) is 19.8. The Morgan fingerprint density at radius 2 is 1.83 bits per heavy atom. The maximum Gasteiger partial charge on any atom is 0.253 e. The molecule has 3 aromatic rings. The van der Waals surface area contributed by atoms with E-state index in [1.165, 1.54) is 12.1 Å². The maximum absolute atomic E-state index is 13.5. The number of anilines is 2. The number of nitrogens with zero attached hydrogens (tertiary/aromatic N) is 4. The molecule has 2 aromatic carbocycles. The third-order valence-corrected chi connectivity index (χ3v) is 6.62. The molecule has 5 rings (SSSR count). The Balaban J connectivity index is 1.22. The summed E-state index contributed by atoms with van der Waals surface area (Å²) >= 11 is 0. The van der Waals surface area contributed by atoms with Gasteiger partial charge in [0.05, 0.1) is 11.6 Å². The summed E-state index contributed by atoms with van der Waals surface area (Å²) in [5.74, 6) is 0.486. The first kappa shape index (κ1) is 23.9. The highest BCUT2D eigenvalue weighted by molar-refractivity contribution is 6.01. The standard InChI is InChI=1S/C27H28FN5O3/c28-21-4-1-3-19(17-21)26(34)32-15-11-24(12-16-32)36-23-8-6-22(7-9-23)33(25-5-2-13-30-31-25)27(35)20-10-14-29-18-20/h1-9,13,17,20,24,29H,10-12,14-16,18H2/t20-/m0/s1. The van der Waals surface area contributed by atoms with E-state index in [-0.39, 0.29) is 23.8 Å². The van der Waals surface area contributed by atoms with Crippen molar-refractivity contribution in [3.8, 4) is 5.75 Å². The van der Waals surface area contributed by atoms with Crippen molar-refractivity contribution in [2.24, 2.45) is 5.92 Å². The Kier molecular flexibility index (Phi) is 7.18. The van der Waals surface area contributed by atoms with Crippen LogP contribution in [0.15, 0.2) is 66.9 Å².